The number of rotatable bonds is 1. The predicted octanol–water partition coefficient (Wildman–Crippen LogP) is 0.692. The first-order valence-corrected chi connectivity index (χ1v) is 4.46. The highest BCUT2D eigenvalue weighted by Gasteiger charge is 2.55. The minimum Gasteiger partial charge on any atom is -0.363 e. The van der Waals surface area contributed by atoms with Crippen LogP contribution in [0.15, 0.2) is 0 Å². The third-order valence-electron chi connectivity index (χ3n) is 3.42. The van der Waals surface area contributed by atoms with Gasteiger partial charge in [0.1, 0.15) is 6.61 Å². The van der Waals surface area contributed by atoms with Crippen LogP contribution in [0.4, 0.5) is 0 Å². The highest BCUT2D eigenvalue weighted by molar-refractivity contribution is 5.78. The number of ether oxygens (including phenoxy) is 1. The lowest BCUT2D eigenvalue weighted by molar-refractivity contribution is -0.150. The highest BCUT2D eigenvalue weighted by atomic mass is 16.5. The van der Waals surface area contributed by atoms with Crippen LogP contribution in [-0.4, -0.2) is 24.7 Å². The van der Waals surface area contributed by atoms with Gasteiger partial charge in [-0.25, -0.2) is 0 Å². The average Bonchev–Trinajstić information content (AvgIpc) is 2.77. The highest BCUT2D eigenvalue weighted by Crippen LogP contribution is 2.55. The molecule has 0 aromatic rings. The zero-order valence-electron chi connectivity index (χ0n) is 7.64. The average molecular weight is 169 g/mol. The van der Waals surface area contributed by atoms with Crippen molar-refractivity contribution < 1.29 is 9.53 Å². The molecule has 3 heteroatoms. The molecule has 1 N–H and O–H groups in total. The van der Waals surface area contributed by atoms with Crippen molar-refractivity contribution in [2.45, 2.75) is 32.3 Å². The fourth-order valence-corrected chi connectivity index (χ4v) is 1.70. The van der Waals surface area contributed by atoms with Gasteiger partial charge in [-0.3, -0.25) is 4.79 Å². The molecule has 3 nitrogen and oxygen atoms in total. The van der Waals surface area contributed by atoms with Crippen molar-refractivity contribution in [1.82, 2.24) is 5.32 Å². The van der Waals surface area contributed by atoms with Crippen molar-refractivity contribution >= 4 is 5.91 Å². The van der Waals surface area contributed by atoms with E-state index >= 15 is 0 Å². The van der Waals surface area contributed by atoms with Gasteiger partial charge >= 0.3 is 0 Å². The maximum absolute atomic E-state index is 10.9. The molecule has 1 aliphatic carbocycles. The minimum absolute atomic E-state index is 0.0109. The second-order valence-corrected chi connectivity index (χ2v) is 4.36. The second kappa shape index (κ2) is 2.22. The summed E-state index contributed by atoms with van der Waals surface area (Å²) in [5.41, 5.74) is 0.182. The summed E-state index contributed by atoms with van der Waals surface area (Å²) in [5.74, 6) is 0.0109. The van der Waals surface area contributed by atoms with Crippen molar-refractivity contribution in [3.63, 3.8) is 0 Å². The zero-order chi connectivity index (χ0) is 8.82. The molecule has 1 unspecified atom stereocenters. The molecule has 12 heavy (non-hydrogen) atoms. The summed E-state index contributed by atoms with van der Waals surface area (Å²) >= 11 is 0. The third kappa shape index (κ3) is 1.04. The van der Waals surface area contributed by atoms with E-state index in [0.29, 0.717) is 12.0 Å². The molecule has 2 fully saturated rings. The van der Waals surface area contributed by atoms with Crippen LogP contribution in [0.3, 0.4) is 0 Å². The van der Waals surface area contributed by atoms with Gasteiger partial charge in [0.05, 0.1) is 5.60 Å². The fourth-order valence-electron chi connectivity index (χ4n) is 1.70. The van der Waals surface area contributed by atoms with E-state index in [4.69, 9.17) is 4.74 Å². The number of hydrogen-bond acceptors (Lipinski definition) is 2. The standard InChI is InChI=1S/C9H15NO2/c1-8(3-4-8)9(2)6-10-7(11)5-12-9/h3-6H2,1-2H3,(H,10,11). The Balaban J connectivity index is 2.07. The Kier molecular flexibility index (Phi) is 1.49. The van der Waals surface area contributed by atoms with Crippen molar-refractivity contribution in [3.8, 4) is 0 Å². The lowest BCUT2D eigenvalue weighted by atomic mass is 9.86. The topological polar surface area (TPSA) is 38.3 Å². The molecule has 0 spiro atoms. The molecule has 0 radical (unpaired) electrons. The Hall–Kier alpha value is -0.570. The van der Waals surface area contributed by atoms with Gasteiger partial charge in [-0.05, 0) is 25.2 Å². The summed E-state index contributed by atoms with van der Waals surface area (Å²) in [7, 11) is 0. The zero-order valence-corrected chi connectivity index (χ0v) is 7.64. The lowest BCUT2D eigenvalue weighted by Gasteiger charge is -2.39. The van der Waals surface area contributed by atoms with E-state index in [1.54, 1.807) is 0 Å². The molecule has 1 atom stereocenters. The van der Waals surface area contributed by atoms with Gasteiger partial charge in [0.15, 0.2) is 0 Å². The van der Waals surface area contributed by atoms with Gasteiger partial charge in [-0.2, -0.15) is 0 Å². The van der Waals surface area contributed by atoms with Gasteiger partial charge in [0.2, 0.25) is 5.91 Å². The Bertz CT molecular complexity index is 211. The Morgan fingerprint density at radius 1 is 1.42 bits per heavy atom. The first kappa shape index (κ1) is 8.05. The number of morpholine rings is 1. The van der Waals surface area contributed by atoms with Gasteiger partial charge in [0, 0.05) is 6.54 Å². The predicted molar refractivity (Wildman–Crippen MR) is 44.7 cm³/mol. The fraction of sp³-hybridized carbons (Fsp3) is 0.889. The molecule has 1 saturated heterocycles. The largest absolute Gasteiger partial charge is 0.363 e. The Morgan fingerprint density at radius 3 is 2.50 bits per heavy atom. The van der Waals surface area contributed by atoms with Crippen LogP contribution in [0.1, 0.15) is 26.7 Å². The van der Waals surface area contributed by atoms with Crippen LogP contribution in [0.25, 0.3) is 0 Å². The van der Waals surface area contributed by atoms with Gasteiger partial charge < -0.3 is 10.1 Å². The normalized spacial score (nSPS) is 39.0. The molecule has 0 aromatic carbocycles. The van der Waals surface area contributed by atoms with Crippen molar-refractivity contribution in [1.29, 1.82) is 0 Å². The summed E-state index contributed by atoms with van der Waals surface area (Å²) < 4.78 is 5.59. The molecule has 68 valence electrons. The van der Waals surface area contributed by atoms with Crippen LogP contribution < -0.4 is 5.32 Å². The van der Waals surface area contributed by atoms with E-state index in [9.17, 15) is 4.79 Å². The maximum atomic E-state index is 10.9. The number of amides is 1. The van der Waals surface area contributed by atoms with Gasteiger partial charge in [-0.1, -0.05) is 6.92 Å². The molecule has 0 aromatic heterocycles. The van der Waals surface area contributed by atoms with Crippen molar-refractivity contribution in [2.75, 3.05) is 13.2 Å². The third-order valence-corrected chi connectivity index (χ3v) is 3.42. The lowest BCUT2D eigenvalue weighted by Crippen LogP contribution is -2.54. The number of nitrogens with one attached hydrogen (secondary N) is 1. The summed E-state index contributed by atoms with van der Waals surface area (Å²) in [6.07, 6.45) is 2.44. The molecule has 1 saturated carbocycles. The van der Waals surface area contributed by atoms with Crippen LogP contribution in [0, 0.1) is 5.41 Å². The maximum Gasteiger partial charge on any atom is 0.246 e. The van der Waals surface area contributed by atoms with E-state index in [1.165, 1.54) is 12.8 Å². The SMILES string of the molecule is CC1(C2(C)CNC(=O)CO2)CC1. The van der Waals surface area contributed by atoms with Crippen molar-refractivity contribution in [2.24, 2.45) is 5.41 Å². The van der Waals surface area contributed by atoms with Crippen LogP contribution in [-0.2, 0) is 9.53 Å². The van der Waals surface area contributed by atoms with E-state index in [1.807, 2.05) is 0 Å². The Morgan fingerprint density at radius 2 is 2.08 bits per heavy atom. The molecule has 0 bridgehead atoms. The first-order chi connectivity index (χ1) is 5.56. The smallest absolute Gasteiger partial charge is 0.246 e. The number of carbonyl (C=O) groups is 1. The van der Waals surface area contributed by atoms with Crippen LogP contribution in [0.5, 0.6) is 0 Å². The molecule has 1 amide bonds. The van der Waals surface area contributed by atoms with Crippen LogP contribution >= 0.6 is 0 Å². The van der Waals surface area contributed by atoms with E-state index < -0.39 is 0 Å². The molecular formula is C9H15NO2. The summed E-state index contributed by atoms with van der Waals surface area (Å²) in [6, 6.07) is 0. The molecular weight excluding hydrogens is 154 g/mol. The minimum atomic E-state index is -0.124. The summed E-state index contributed by atoms with van der Waals surface area (Å²) in [5, 5.41) is 2.86. The summed E-state index contributed by atoms with van der Waals surface area (Å²) in [4.78, 5) is 10.9. The van der Waals surface area contributed by atoms with E-state index in [-0.39, 0.29) is 18.1 Å². The van der Waals surface area contributed by atoms with E-state index in [2.05, 4.69) is 19.2 Å². The number of hydrogen-bond donors (Lipinski definition) is 1. The molecule has 1 heterocycles. The molecule has 1 aliphatic heterocycles. The quantitative estimate of drug-likeness (QED) is 0.627. The summed E-state index contributed by atoms with van der Waals surface area (Å²) in [6.45, 7) is 5.22. The monoisotopic (exact) mass is 169 g/mol. The Labute approximate surface area is 72.5 Å². The number of carbonyl (C=O) groups excluding carboxylic acids is 1. The van der Waals surface area contributed by atoms with Gasteiger partial charge in [0.25, 0.3) is 0 Å². The van der Waals surface area contributed by atoms with Gasteiger partial charge in [-0.15, -0.1) is 0 Å². The van der Waals surface area contributed by atoms with Crippen molar-refractivity contribution in [3.05, 3.63) is 0 Å². The second-order valence-electron chi connectivity index (χ2n) is 4.36. The van der Waals surface area contributed by atoms with Crippen LogP contribution in [0.2, 0.25) is 0 Å². The van der Waals surface area contributed by atoms with E-state index in [0.717, 1.165) is 0 Å². The first-order valence-electron chi connectivity index (χ1n) is 4.46. The molecule has 2 aliphatic rings. The molecule has 2 rings (SSSR count).